The molecule has 0 saturated heterocycles. The Kier molecular flexibility index (Phi) is 3.58. The number of benzene rings is 1. The molecule has 0 bridgehead atoms. The highest BCUT2D eigenvalue weighted by Crippen LogP contribution is 2.26. The first-order valence-corrected chi connectivity index (χ1v) is 7.95. The van der Waals surface area contributed by atoms with Crippen LogP contribution in [0.25, 0.3) is 11.1 Å². The molecule has 1 aliphatic rings. The molecule has 2 aromatic heterocycles. The van der Waals surface area contributed by atoms with Crippen molar-refractivity contribution < 1.29 is 4.79 Å². The maximum absolute atomic E-state index is 12.5. The lowest BCUT2D eigenvalue weighted by atomic mass is 10.0. The standard InChI is InChI=1S/C20H17N3O/c1-14-10-15(16-4-2-8-21-11-16)6-7-17(14)12-23-13-18-5-3-9-22-19(18)20(23)24/h2-11H,12-13H2,1H3. The molecule has 0 radical (unpaired) electrons. The lowest BCUT2D eigenvalue weighted by molar-refractivity contribution is 0.0762. The molecule has 4 nitrogen and oxygen atoms in total. The molecule has 0 unspecified atom stereocenters. The minimum atomic E-state index is 0.0151. The van der Waals surface area contributed by atoms with Crippen molar-refractivity contribution in [1.29, 1.82) is 0 Å². The number of carbonyl (C=O) groups is 1. The van der Waals surface area contributed by atoms with Gasteiger partial charge >= 0.3 is 0 Å². The van der Waals surface area contributed by atoms with Gasteiger partial charge in [-0.05, 0) is 41.3 Å². The summed E-state index contributed by atoms with van der Waals surface area (Å²) in [6.45, 7) is 3.32. The summed E-state index contributed by atoms with van der Waals surface area (Å²) in [5, 5.41) is 0. The van der Waals surface area contributed by atoms with Crippen LogP contribution in [0.3, 0.4) is 0 Å². The molecule has 0 aliphatic carbocycles. The van der Waals surface area contributed by atoms with Crippen LogP contribution in [0.4, 0.5) is 0 Å². The number of aryl methyl sites for hydroxylation is 1. The van der Waals surface area contributed by atoms with Crippen LogP contribution in [-0.4, -0.2) is 20.8 Å². The zero-order valence-corrected chi connectivity index (χ0v) is 13.4. The molecule has 1 aromatic carbocycles. The molecule has 0 fully saturated rings. The van der Waals surface area contributed by atoms with Crippen LogP contribution in [0.15, 0.2) is 61.1 Å². The van der Waals surface area contributed by atoms with Crippen LogP contribution in [0.2, 0.25) is 0 Å². The van der Waals surface area contributed by atoms with Crippen molar-refractivity contribution >= 4 is 5.91 Å². The molecule has 1 aliphatic heterocycles. The third-order valence-electron chi connectivity index (χ3n) is 4.44. The van der Waals surface area contributed by atoms with E-state index in [9.17, 15) is 4.79 Å². The summed E-state index contributed by atoms with van der Waals surface area (Å²) < 4.78 is 0. The van der Waals surface area contributed by atoms with Crippen LogP contribution in [0, 0.1) is 6.92 Å². The minimum Gasteiger partial charge on any atom is -0.329 e. The van der Waals surface area contributed by atoms with Gasteiger partial charge in [-0.1, -0.05) is 30.3 Å². The van der Waals surface area contributed by atoms with E-state index >= 15 is 0 Å². The van der Waals surface area contributed by atoms with Crippen molar-refractivity contribution in [2.45, 2.75) is 20.0 Å². The van der Waals surface area contributed by atoms with Gasteiger partial charge in [0.1, 0.15) is 5.69 Å². The van der Waals surface area contributed by atoms with E-state index in [1.54, 1.807) is 12.4 Å². The lowest BCUT2D eigenvalue weighted by Crippen LogP contribution is -2.24. The average molecular weight is 315 g/mol. The van der Waals surface area contributed by atoms with E-state index in [0.717, 1.165) is 22.3 Å². The smallest absolute Gasteiger partial charge is 0.273 e. The van der Waals surface area contributed by atoms with Crippen LogP contribution < -0.4 is 0 Å². The van der Waals surface area contributed by atoms with E-state index in [4.69, 9.17) is 0 Å². The number of aromatic nitrogens is 2. The normalized spacial score (nSPS) is 13.2. The second-order valence-corrected chi connectivity index (χ2v) is 6.06. The monoisotopic (exact) mass is 315 g/mol. The highest BCUT2D eigenvalue weighted by Gasteiger charge is 2.28. The Morgan fingerprint density at radius 3 is 2.71 bits per heavy atom. The van der Waals surface area contributed by atoms with E-state index in [1.165, 1.54) is 5.56 Å². The predicted octanol–water partition coefficient (Wildman–Crippen LogP) is 3.61. The van der Waals surface area contributed by atoms with Gasteiger partial charge in [-0.25, -0.2) is 0 Å². The van der Waals surface area contributed by atoms with E-state index in [-0.39, 0.29) is 5.91 Å². The molecular weight excluding hydrogens is 298 g/mol. The number of amides is 1. The predicted molar refractivity (Wildman–Crippen MR) is 92.2 cm³/mol. The van der Waals surface area contributed by atoms with Crippen LogP contribution in [0.5, 0.6) is 0 Å². The molecule has 4 rings (SSSR count). The first kappa shape index (κ1) is 14.6. The number of carbonyl (C=O) groups excluding carboxylic acids is 1. The quantitative estimate of drug-likeness (QED) is 0.742. The van der Waals surface area contributed by atoms with Crippen molar-refractivity contribution in [3.8, 4) is 11.1 Å². The molecule has 0 saturated carbocycles. The van der Waals surface area contributed by atoms with Gasteiger partial charge in [0.2, 0.25) is 0 Å². The number of hydrogen-bond donors (Lipinski definition) is 0. The SMILES string of the molecule is Cc1cc(-c2cccnc2)ccc1CN1Cc2cccnc2C1=O. The average Bonchev–Trinajstić information content (AvgIpc) is 2.94. The molecule has 3 aromatic rings. The van der Waals surface area contributed by atoms with Gasteiger partial charge in [0.05, 0.1) is 0 Å². The fourth-order valence-corrected chi connectivity index (χ4v) is 3.11. The van der Waals surface area contributed by atoms with E-state index in [0.29, 0.717) is 18.8 Å². The second kappa shape index (κ2) is 5.89. The highest BCUT2D eigenvalue weighted by molar-refractivity contribution is 5.96. The molecular formula is C20H17N3O. The van der Waals surface area contributed by atoms with Crippen LogP contribution in [0.1, 0.15) is 27.2 Å². The molecule has 3 heterocycles. The van der Waals surface area contributed by atoms with Crippen LogP contribution in [-0.2, 0) is 13.1 Å². The Morgan fingerprint density at radius 2 is 1.96 bits per heavy atom. The Bertz CT molecular complexity index is 906. The Labute approximate surface area is 140 Å². The fraction of sp³-hybridized carbons (Fsp3) is 0.150. The van der Waals surface area contributed by atoms with Gasteiger partial charge < -0.3 is 4.90 Å². The summed E-state index contributed by atoms with van der Waals surface area (Å²) in [5.74, 6) is 0.0151. The zero-order valence-electron chi connectivity index (χ0n) is 13.4. The Morgan fingerprint density at radius 1 is 1.08 bits per heavy atom. The number of rotatable bonds is 3. The number of hydrogen-bond acceptors (Lipinski definition) is 3. The minimum absolute atomic E-state index is 0.0151. The van der Waals surface area contributed by atoms with Gasteiger partial charge in [-0.15, -0.1) is 0 Å². The molecule has 24 heavy (non-hydrogen) atoms. The van der Waals surface area contributed by atoms with Gasteiger partial charge in [0, 0.05) is 37.2 Å². The topological polar surface area (TPSA) is 46.1 Å². The summed E-state index contributed by atoms with van der Waals surface area (Å²) in [6.07, 6.45) is 5.31. The first-order valence-electron chi connectivity index (χ1n) is 7.95. The molecule has 1 amide bonds. The number of nitrogens with zero attached hydrogens (tertiary/aromatic N) is 3. The molecule has 0 atom stereocenters. The van der Waals surface area contributed by atoms with E-state index in [2.05, 4.69) is 35.1 Å². The zero-order chi connectivity index (χ0) is 16.5. The molecule has 0 spiro atoms. The summed E-state index contributed by atoms with van der Waals surface area (Å²) in [7, 11) is 0. The number of fused-ring (bicyclic) bond motifs is 1. The summed E-state index contributed by atoms with van der Waals surface area (Å²) in [5.41, 5.74) is 6.16. The van der Waals surface area contributed by atoms with E-state index < -0.39 is 0 Å². The first-order chi connectivity index (χ1) is 11.7. The van der Waals surface area contributed by atoms with Crippen molar-refractivity contribution in [2.24, 2.45) is 0 Å². The molecule has 4 heteroatoms. The van der Waals surface area contributed by atoms with Gasteiger partial charge in [-0.3, -0.25) is 14.8 Å². The third-order valence-corrected chi connectivity index (χ3v) is 4.44. The largest absolute Gasteiger partial charge is 0.329 e. The molecule has 0 N–H and O–H groups in total. The maximum atomic E-state index is 12.5. The Hall–Kier alpha value is -3.01. The van der Waals surface area contributed by atoms with Crippen molar-refractivity contribution in [3.05, 3.63) is 83.4 Å². The van der Waals surface area contributed by atoms with Crippen molar-refractivity contribution in [2.75, 3.05) is 0 Å². The maximum Gasteiger partial charge on any atom is 0.273 e. The fourth-order valence-electron chi connectivity index (χ4n) is 3.11. The summed E-state index contributed by atoms with van der Waals surface area (Å²) in [4.78, 5) is 22.7. The van der Waals surface area contributed by atoms with Crippen LogP contribution >= 0.6 is 0 Å². The molecule has 118 valence electrons. The van der Waals surface area contributed by atoms with Gasteiger partial charge in [-0.2, -0.15) is 0 Å². The highest BCUT2D eigenvalue weighted by atomic mass is 16.2. The third kappa shape index (κ3) is 2.56. The summed E-state index contributed by atoms with van der Waals surface area (Å²) in [6, 6.07) is 14.2. The van der Waals surface area contributed by atoms with Crippen molar-refractivity contribution in [1.82, 2.24) is 14.9 Å². The summed E-state index contributed by atoms with van der Waals surface area (Å²) >= 11 is 0. The second-order valence-electron chi connectivity index (χ2n) is 6.06. The van der Waals surface area contributed by atoms with Gasteiger partial charge in [0.25, 0.3) is 5.91 Å². The Balaban J connectivity index is 1.57. The van der Waals surface area contributed by atoms with E-state index in [1.807, 2.05) is 35.4 Å². The number of pyridine rings is 2. The van der Waals surface area contributed by atoms with Gasteiger partial charge in [0.15, 0.2) is 0 Å². The lowest BCUT2D eigenvalue weighted by Gasteiger charge is -2.17. The van der Waals surface area contributed by atoms with Crippen molar-refractivity contribution in [3.63, 3.8) is 0 Å².